The van der Waals surface area contributed by atoms with Gasteiger partial charge in [0.25, 0.3) is 0 Å². The molecule has 0 aliphatic rings. The first-order chi connectivity index (χ1) is 6.83. The SMILES string of the molecule is CCC/C=C/COc1ccc(C)cc1. The van der Waals surface area contributed by atoms with Crippen LogP contribution in [0.25, 0.3) is 0 Å². The molecule has 0 aliphatic carbocycles. The molecule has 1 aromatic carbocycles. The smallest absolute Gasteiger partial charge is 0.119 e. The van der Waals surface area contributed by atoms with Gasteiger partial charge in [0.2, 0.25) is 0 Å². The molecule has 0 saturated carbocycles. The van der Waals surface area contributed by atoms with E-state index in [9.17, 15) is 0 Å². The predicted molar refractivity (Wildman–Crippen MR) is 60.7 cm³/mol. The summed E-state index contributed by atoms with van der Waals surface area (Å²) in [5.74, 6) is 0.941. The molecule has 0 fully saturated rings. The van der Waals surface area contributed by atoms with E-state index in [4.69, 9.17) is 4.74 Å². The zero-order valence-corrected chi connectivity index (χ0v) is 8.99. The van der Waals surface area contributed by atoms with Gasteiger partial charge in [0.15, 0.2) is 0 Å². The van der Waals surface area contributed by atoms with E-state index >= 15 is 0 Å². The van der Waals surface area contributed by atoms with Crippen molar-refractivity contribution in [2.24, 2.45) is 0 Å². The van der Waals surface area contributed by atoms with E-state index in [1.54, 1.807) is 0 Å². The molecule has 0 amide bonds. The number of rotatable bonds is 5. The summed E-state index contributed by atoms with van der Waals surface area (Å²) >= 11 is 0. The number of benzene rings is 1. The number of unbranched alkanes of at least 4 members (excludes halogenated alkanes) is 1. The maximum Gasteiger partial charge on any atom is 0.119 e. The summed E-state index contributed by atoms with van der Waals surface area (Å²) in [6, 6.07) is 8.13. The van der Waals surface area contributed by atoms with Crippen LogP contribution in [0.15, 0.2) is 36.4 Å². The van der Waals surface area contributed by atoms with Crippen molar-refractivity contribution in [3.05, 3.63) is 42.0 Å². The van der Waals surface area contributed by atoms with Crippen LogP contribution in [0.4, 0.5) is 0 Å². The predicted octanol–water partition coefficient (Wildman–Crippen LogP) is 3.73. The quantitative estimate of drug-likeness (QED) is 0.643. The fourth-order valence-corrected chi connectivity index (χ4v) is 1.13. The minimum absolute atomic E-state index is 0.670. The Morgan fingerprint density at radius 2 is 1.86 bits per heavy atom. The summed E-state index contributed by atoms with van der Waals surface area (Å²) in [6.07, 6.45) is 6.57. The molecule has 1 aromatic rings. The molecule has 1 nitrogen and oxygen atoms in total. The second-order valence-corrected chi connectivity index (χ2v) is 3.38. The molecule has 76 valence electrons. The van der Waals surface area contributed by atoms with E-state index in [0.717, 1.165) is 12.2 Å². The van der Waals surface area contributed by atoms with Crippen molar-refractivity contribution in [1.29, 1.82) is 0 Å². The van der Waals surface area contributed by atoms with Crippen LogP contribution in [0.2, 0.25) is 0 Å². The van der Waals surface area contributed by atoms with Crippen LogP contribution in [-0.4, -0.2) is 6.61 Å². The third kappa shape index (κ3) is 4.13. The van der Waals surface area contributed by atoms with Crippen molar-refractivity contribution in [2.45, 2.75) is 26.7 Å². The van der Waals surface area contributed by atoms with Crippen molar-refractivity contribution in [2.75, 3.05) is 6.61 Å². The van der Waals surface area contributed by atoms with Gasteiger partial charge < -0.3 is 4.74 Å². The van der Waals surface area contributed by atoms with E-state index in [1.165, 1.54) is 12.0 Å². The molecule has 0 heterocycles. The second kappa shape index (κ2) is 6.25. The van der Waals surface area contributed by atoms with Crippen molar-refractivity contribution >= 4 is 0 Å². The summed E-state index contributed by atoms with van der Waals surface area (Å²) in [6.45, 7) is 4.92. The summed E-state index contributed by atoms with van der Waals surface area (Å²) < 4.78 is 5.52. The Kier molecular flexibility index (Phi) is 4.84. The topological polar surface area (TPSA) is 9.23 Å². The Hall–Kier alpha value is -1.24. The Morgan fingerprint density at radius 1 is 1.14 bits per heavy atom. The highest BCUT2D eigenvalue weighted by Crippen LogP contribution is 2.11. The largest absolute Gasteiger partial charge is 0.490 e. The summed E-state index contributed by atoms with van der Waals surface area (Å²) in [4.78, 5) is 0. The zero-order valence-electron chi connectivity index (χ0n) is 8.99. The molecular weight excluding hydrogens is 172 g/mol. The lowest BCUT2D eigenvalue weighted by Gasteiger charge is -2.02. The highest BCUT2D eigenvalue weighted by molar-refractivity contribution is 5.26. The molecular formula is C13H18O. The summed E-state index contributed by atoms with van der Waals surface area (Å²) in [5.41, 5.74) is 1.26. The van der Waals surface area contributed by atoms with Crippen LogP contribution in [0.3, 0.4) is 0 Å². The van der Waals surface area contributed by atoms with E-state index in [1.807, 2.05) is 12.1 Å². The molecule has 0 aromatic heterocycles. The first kappa shape index (κ1) is 10.8. The van der Waals surface area contributed by atoms with Gasteiger partial charge in [0, 0.05) is 0 Å². The molecule has 0 aliphatic heterocycles. The maximum atomic E-state index is 5.52. The van der Waals surface area contributed by atoms with Crippen LogP contribution >= 0.6 is 0 Å². The lowest BCUT2D eigenvalue weighted by molar-refractivity contribution is 0.362. The second-order valence-electron chi connectivity index (χ2n) is 3.38. The Morgan fingerprint density at radius 3 is 2.50 bits per heavy atom. The lowest BCUT2D eigenvalue weighted by atomic mass is 10.2. The minimum atomic E-state index is 0.670. The van der Waals surface area contributed by atoms with E-state index in [0.29, 0.717) is 6.61 Å². The standard InChI is InChI=1S/C13H18O/c1-3-4-5-6-11-14-13-9-7-12(2)8-10-13/h5-10H,3-4,11H2,1-2H3/b6-5+. The van der Waals surface area contributed by atoms with Crippen molar-refractivity contribution in [1.82, 2.24) is 0 Å². The highest BCUT2D eigenvalue weighted by atomic mass is 16.5. The molecule has 0 radical (unpaired) electrons. The lowest BCUT2D eigenvalue weighted by Crippen LogP contribution is -1.92. The zero-order chi connectivity index (χ0) is 10.2. The summed E-state index contributed by atoms with van der Waals surface area (Å²) in [5, 5.41) is 0. The third-order valence-corrected chi connectivity index (χ3v) is 1.99. The number of aryl methyl sites for hydroxylation is 1. The molecule has 0 spiro atoms. The van der Waals surface area contributed by atoms with E-state index in [2.05, 4.69) is 38.1 Å². The van der Waals surface area contributed by atoms with Gasteiger partial charge in [-0.25, -0.2) is 0 Å². The molecule has 1 heteroatoms. The minimum Gasteiger partial charge on any atom is -0.490 e. The monoisotopic (exact) mass is 190 g/mol. The molecule has 1 rings (SSSR count). The number of allylic oxidation sites excluding steroid dienone is 1. The summed E-state index contributed by atoms with van der Waals surface area (Å²) in [7, 11) is 0. The molecule has 0 N–H and O–H groups in total. The van der Waals surface area contributed by atoms with E-state index < -0.39 is 0 Å². The fourth-order valence-electron chi connectivity index (χ4n) is 1.13. The fraction of sp³-hybridized carbons (Fsp3) is 0.385. The molecule has 0 unspecified atom stereocenters. The van der Waals surface area contributed by atoms with Gasteiger partial charge in [0.05, 0.1) is 0 Å². The van der Waals surface area contributed by atoms with E-state index in [-0.39, 0.29) is 0 Å². The Bertz CT molecular complexity index is 272. The van der Waals surface area contributed by atoms with Gasteiger partial charge in [-0.05, 0) is 25.5 Å². The molecule has 0 atom stereocenters. The average Bonchev–Trinajstić information content (AvgIpc) is 2.21. The maximum absolute atomic E-state index is 5.52. The average molecular weight is 190 g/mol. The van der Waals surface area contributed by atoms with Gasteiger partial charge in [-0.15, -0.1) is 0 Å². The van der Waals surface area contributed by atoms with Gasteiger partial charge in [-0.1, -0.05) is 43.2 Å². The van der Waals surface area contributed by atoms with Crippen molar-refractivity contribution in [3.63, 3.8) is 0 Å². The molecule has 0 bridgehead atoms. The molecule has 0 saturated heterocycles. The van der Waals surface area contributed by atoms with Crippen LogP contribution in [-0.2, 0) is 0 Å². The van der Waals surface area contributed by atoms with Crippen molar-refractivity contribution < 1.29 is 4.74 Å². The Balaban J connectivity index is 2.28. The van der Waals surface area contributed by atoms with Crippen LogP contribution in [0.5, 0.6) is 5.75 Å². The highest BCUT2D eigenvalue weighted by Gasteiger charge is 1.89. The van der Waals surface area contributed by atoms with Gasteiger partial charge in [-0.3, -0.25) is 0 Å². The number of ether oxygens (including phenoxy) is 1. The number of hydrogen-bond acceptors (Lipinski definition) is 1. The number of hydrogen-bond donors (Lipinski definition) is 0. The van der Waals surface area contributed by atoms with Crippen LogP contribution in [0.1, 0.15) is 25.3 Å². The van der Waals surface area contributed by atoms with Gasteiger partial charge in [-0.2, -0.15) is 0 Å². The Labute approximate surface area is 86.4 Å². The first-order valence-electron chi connectivity index (χ1n) is 5.17. The first-order valence-corrected chi connectivity index (χ1v) is 5.17. The molecule has 14 heavy (non-hydrogen) atoms. The van der Waals surface area contributed by atoms with Gasteiger partial charge >= 0.3 is 0 Å². The third-order valence-electron chi connectivity index (χ3n) is 1.99. The van der Waals surface area contributed by atoms with Crippen molar-refractivity contribution in [3.8, 4) is 5.75 Å². The van der Waals surface area contributed by atoms with Crippen LogP contribution < -0.4 is 4.74 Å². The van der Waals surface area contributed by atoms with Gasteiger partial charge in [0.1, 0.15) is 12.4 Å². The normalized spacial score (nSPS) is 10.7. The van der Waals surface area contributed by atoms with Crippen LogP contribution in [0, 0.1) is 6.92 Å².